The molecular formula is C16H15N7O. The Hall–Kier alpha value is -3.42. The number of nitrogens with two attached hydrogens (primary N) is 1. The van der Waals surface area contributed by atoms with Crippen LogP contribution in [-0.4, -0.2) is 30.2 Å². The van der Waals surface area contributed by atoms with Crippen molar-refractivity contribution in [3.8, 4) is 23.1 Å². The zero-order valence-electron chi connectivity index (χ0n) is 12.9. The summed E-state index contributed by atoms with van der Waals surface area (Å²) < 4.78 is 6.95. The van der Waals surface area contributed by atoms with Crippen molar-refractivity contribution in [3.63, 3.8) is 0 Å². The van der Waals surface area contributed by atoms with E-state index < -0.39 is 0 Å². The number of aromatic nitrogens is 6. The number of hydrogen-bond acceptors (Lipinski definition) is 6. The summed E-state index contributed by atoms with van der Waals surface area (Å²) in [5, 5.41) is 15.3. The average Bonchev–Trinajstić information content (AvgIpc) is 3.35. The molecule has 4 aromatic rings. The SMILES string of the molecule is CC(c1ccccc1)n1nnc(-c2nc(-c3ccco3)n[nH]2)c1N. The average molecular weight is 321 g/mol. The van der Waals surface area contributed by atoms with E-state index in [0.717, 1.165) is 5.56 Å². The molecule has 0 fully saturated rings. The van der Waals surface area contributed by atoms with Crippen LogP contribution in [0.25, 0.3) is 23.1 Å². The molecule has 1 aromatic carbocycles. The molecule has 0 aliphatic heterocycles. The largest absolute Gasteiger partial charge is 0.461 e. The highest BCUT2D eigenvalue weighted by molar-refractivity contribution is 5.65. The minimum absolute atomic E-state index is 0.0417. The van der Waals surface area contributed by atoms with E-state index in [-0.39, 0.29) is 6.04 Å². The van der Waals surface area contributed by atoms with Gasteiger partial charge in [0.15, 0.2) is 23.1 Å². The van der Waals surface area contributed by atoms with Gasteiger partial charge in [-0.15, -0.1) is 10.2 Å². The maximum absolute atomic E-state index is 6.23. The molecule has 0 radical (unpaired) electrons. The Kier molecular flexibility index (Phi) is 3.34. The van der Waals surface area contributed by atoms with Gasteiger partial charge in [-0.1, -0.05) is 35.5 Å². The van der Waals surface area contributed by atoms with Crippen LogP contribution >= 0.6 is 0 Å². The number of nitrogens with one attached hydrogen (secondary N) is 1. The molecule has 0 spiro atoms. The summed E-state index contributed by atoms with van der Waals surface area (Å²) in [6.07, 6.45) is 1.57. The van der Waals surface area contributed by atoms with Gasteiger partial charge in [-0.2, -0.15) is 0 Å². The Morgan fingerprint density at radius 3 is 2.75 bits per heavy atom. The van der Waals surface area contributed by atoms with Gasteiger partial charge in [-0.25, -0.2) is 9.67 Å². The minimum Gasteiger partial charge on any atom is -0.461 e. The van der Waals surface area contributed by atoms with Crippen molar-refractivity contribution in [2.75, 3.05) is 5.73 Å². The van der Waals surface area contributed by atoms with E-state index in [9.17, 15) is 0 Å². The third kappa shape index (κ3) is 2.34. The lowest BCUT2D eigenvalue weighted by atomic mass is 10.1. The number of nitrogen functional groups attached to an aromatic ring is 1. The second kappa shape index (κ2) is 5.65. The first-order valence-corrected chi connectivity index (χ1v) is 7.46. The maximum atomic E-state index is 6.23. The topological polar surface area (TPSA) is 111 Å². The molecule has 8 heteroatoms. The van der Waals surface area contributed by atoms with Crippen LogP contribution in [0.1, 0.15) is 18.5 Å². The highest BCUT2D eigenvalue weighted by Gasteiger charge is 2.20. The lowest BCUT2D eigenvalue weighted by molar-refractivity contribution is 0.550. The number of H-pyrrole nitrogens is 1. The van der Waals surface area contributed by atoms with E-state index in [1.165, 1.54) is 0 Å². The molecule has 0 bridgehead atoms. The fourth-order valence-electron chi connectivity index (χ4n) is 2.51. The third-order valence-corrected chi connectivity index (χ3v) is 3.83. The van der Waals surface area contributed by atoms with Gasteiger partial charge in [-0.05, 0) is 24.6 Å². The fraction of sp³-hybridized carbons (Fsp3) is 0.125. The summed E-state index contributed by atoms with van der Waals surface area (Å²) in [5.74, 6) is 1.89. The van der Waals surface area contributed by atoms with E-state index in [0.29, 0.717) is 28.9 Å². The zero-order valence-corrected chi connectivity index (χ0v) is 12.9. The number of hydrogen-bond donors (Lipinski definition) is 2. The lowest BCUT2D eigenvalue weighted by Gasteiger charge is -2.13. The number of benzene rings is 1. The van der Waals surface area contributed by atoms with Crippen molar-refractivity contribution >= 4 is 5.82 Å². The lowest BCUT2D eigenvalue weighted by Crippen LogP contribution is -2.11. The summed E-state index contributed by atoms with van der Waals surface area (Å²) in [6, 6.07) is 13.5. The molecule has 0 saturated heterocycles. The van der Waals surface area contributed by atoms with Gasteiger partial charge in [0.05, 0.1) is 12.3 Å². The third-order valence-electron chi connectivity index (χ3n) is 3.83. The van der Waals surface area contributed by atoms with Crippen LogP contribution in [0, 0.1) is 0 Å². The van der Waals surface area contributed by atoms with Gasteiger partial charge in [0.1, 0.15) is 0 Å². The van der Waals surface area contributed by atoms with Crippen molar-refractivity contribution in [1.29, 1.82) is 0 Å². The molecular weight excluding hydrogens is 306 g/mol. The van der Waals surface area contributed by atoms with E-state index in [1.54, 1.807) is 23.1 Å². The van der Waals surface area contributed by atoms with E-state index in [4.69, 9.17) is 10.2 Å². The highest BCUT2D eigenvalue weighted by Crippen LogP contribution is 2.26. The highest BCUT2D eigenvalue weighted by atomic mass is 16.3. The monoisotopic (exact) mass is 321 g/mol. The molecule has 3 heterocycles. The van der Waals surface area contributed by atoms with Crippen LogP contribution in [0.3, 0.4) is 0 Å². The molecule has 0 aliphatic rings. The standard InChI is InChI=1S/C16H15N7O/c1-10(11-6-3-2-4-7-11)23-14(17)13(19-22-23)16-18-15(20-21-16)12-8-5-9-24-12/h2-10H,17H2,1H3,(H,18,20,21). The van der Waals surface area contributed by atoms with E-state index >= 15 is 0 Å². The number of anilines is 1. The molecule has 24 heavy (non-hydrogen) atoms. The molecule has 3 N–H and O–H groups in total. The molecule has 1 unspecified atom stereocenters. The second-order valence-corrected chi connectivity index (χ2v) is 5.34. The van der Waals surface area contributed by atoms with Crippen molar-refractivity contribution < 1.29 is 4.42 Å². The minimum atomic E-state index is -0.0417. The summed E-state index contributed by atoms with van der Waals surface area (Å²) in [7, 11) is 0. The number of aromatic amines is 1. The first-order chi connectivity index (χ1) is 11.7. The van der Waals surface area contributed by atoms with Crippen LogP contribution in [0.2, 0.25) is 0 Å². The van der Waals surface area contributed by atoms with Gasteiger partial charge in [0, 0.05) is 0 Å². The smallest absolute Gasteiger partial charge is 0.217 e. The molecule has 0 aliphatic carbocycles. The van der Waals surface area contributed by atoms with Crippen LogP contribution in [0.4, 0.5) is 5.82 Å². The molecule has 4 rings (SSSR count). The zero-order chi connectivity index (χ0) is 16.5. The number of furan rings is 1. The molecule has 3 aromatic heterocycles. The van der Waals surface area contributed by atoms with Gasteiger partial charge < -0.3 is 10.2 Å². The van der Waals surface area contributed by atoms with E-state index in [1.807, 2.05) is 37.3 Å². The first-order valence-electron chi connectivity index (χ1n) is 7.46. The fourth-order valence-corrected chi connectivity index (χ4v) is 2.51. The summed E-state index contributed by atoms with van der Waals surface area (Å²) in [5.41, 5.74) is 7.78. The molecule has 1 atom stereocenters. The van der Waals surface area contributed by atoms with Crippen LogP contribution in [0.5, 0.6) is 0 Å². The maximum Gasteiger partial charge on any atom is 0.217 e. The van der Waals surface area contributed by atoms with Crippen molar-refractivity contribution in [2.45, 2.75) is 13.0 Å². The van der Waals surface area contributed by atoms with E-state index in [2.05, 4.69) is 25.5 Å². The predicted molar refractivity (Wildman–Crippen MR) is 87.8 cm³/mol. The quantitative estimate of drug-likeness (QED) is 0.597. The van der Waals surface area contributed by atoms with Crippen LogP contribution in [0.15, 0.2) is 53.1 Å². The normalized spacial score (nSPS) is 12.4. The Morgan fingerprint density at radius 1 is 1.17 bits per heavy atom. The summed E-state index contributed by atoms with van der Waals surface area (Å²) in [6.45, 7) is 2.01. The Labute approximate surface area is 137 Å². The van der Waals surface area contributed by atoms with Crippen molar-refractivity contribution in [3.05, 3.63) is 54.3 Å². The molecule has 0 saturated carbocycles. The van der Waals surface area contributed by atoms with Gasteiger partial charge in [-0.3, -0.25) is 5.10 Å². The summed E-state index contributed by atoms with van der Waals surface area (Å²) in [4.78, 5) is 4.37. The molecule has 120 valence electrons. The Balaban J connectivity index is 1.68. The van der Waals surface area contributed by atoms with Crippen LogP contribution < -0.4 is 5.73 Å². The summed E-state index contributed by atoms with van der Waals surface area (Å²) >= 11 is 0. The second-order valence-electron chi connectivity index (χ2n) is 5.34. The molecule has 0 amide bonds. The van der Waals surface area contributed by atoms with Gasteiger partial charge in [0.2, 0.25) is 5.82 Å². The van der Waals surface area contributed by atoms with Crippen molar-refractivity contribution in [1.82, 2.24) is 30.2 Å². The Morgan fingerprint density at radius 2 is 2.00 bits per heavy atom. The predicted octanol–water partition coefficient (Wildman–Crippen LogP) is 2.51. The number of rotatable bonds is 4. The van der Waals surface area contributed by atoms with Crippen molar-refractivity contribution in [2.24, 2.45) is 0 Å². The van der Waals surface area contributed by atoms with Gasteiger partial charge in [0.25, 0.3) is 0 Å². The van der Waals surface area contributed by atoms with Gasteiger partial charge >= 0.3 is 0 Å². The molecule has 8 nitrogen and oxygen atoms in total. The first kappa shape index (κ1) is 14.2. The number of nitrogens with zero attached hydrogens (tertiary/aromatic N) is 5. The Bertz CT molecular complexity index is 940. The van der Waals surface area contributed by atoms with Crippen LogP contribution in [-0.2, 0) is 0 Å².